The van der Waals surface area contributed by atoms with Crippen LogP contribution in [0, 0.1) is 0 Å². The van der Waals surface area contributed by atoms with Gasteiger partial charge < -0.3 is 4.74 Å². The summed E-state index contributed by atoms with van der Waals surface area (Å²) in [4.78, 5) is 4.52. The van der Waals surface area contributed by atoms with Crippen LogP contribution in [0.15, 0.2) is 71.7 Å². The summed E-state index contributed by atoms with van der Waals surface area (Å²) in [6.45, 7) is 2.20. The summed E-state index contributed by atoms with van der Waals surface area (Å²) in [5.74, 6) is 1.67. The van der Waals surface area contributed by atoms with Crippen molar-refractivity contribution in [3.8, 4) is 11.5 Å². The second kappa shape index (κ2) is 6.64. The van der Waals surface area contributed by atoms with E-state index in [9.17, 15) is 0 Å². The second-order valence-corrected chi connectivity index (χ2v) is 6.44. The maximum absolute atomic E-state index is 5.76. The predicted molar refractivity (Wildman–Crippen MR) is 91.1 cm³/mol. The molecule has 0 radical (unpaired) electrons. The lowest BCUT2D eigenvalue weighted by Gasteiger charge is -2.05. The van der Waals surface area contributed by atoms with Crippen molar-refractivity contribution in [2.24, 2.45) is 4.99 Å². The summed E-state index contributed by atoms with van der Waals surface area (Å²) >= 11 is 1.90. The third kappa shape index (κ3) is 3.99. The van der Waals surface area contributed by atoms with Crippen molar-refractivity contribution < 1.29 is 4.74 Å². The maximum Gasteiger partial charge on any atom is 0.127 e. The molecular formula is C18H17NOS. The quantitative estimate of drug-likeness (QED) is 0.568. The van der Waals surface area contributed by atoms with E-state index in [1.807, 2.05) is 72.6 Å². The van der Waals surface area contributed by atoms with Crippen molar-refractivity contribution in [1.29, 1.82) is 0 Å². The SMILES string of the molecule is CC1C=CC(C=Nc2ccc(Oc3ccccc3)cc2)S1. The highest BCUT2D eigenvalue weighted by Crippen LogP contribution is 2.27. The molecule has 1 aliphatic heterocycles. The zero-order chi connectivity index (χ0) is 14.5. The van der Waals surface area contributed by atoms with Crippen LogP contribution < -0.4 is 4.74 Å². The van der Waals surface area contributed by atoms with Crippen LogP contribution in [-0.2, 0) is 0 Å². The first-order chi connectivity index (χ1) is 10.3. The summed E-state index contributed by atoms with van der Waals surface area (Å²) in [5.41, 5.74) is 0.948. The van der Waals surface area contributed by atoms with E-state index >= 15 is 0 Å². The van der Waals surface area contributed by atoms with Gasteiger partial charge in [0.05, 0.1) is 10.9 Å². The average molecular weight is 295 g/mol. The molecule has 106 valence electrons. The van der Waals surface area contributed by atoms with Crippen LogP contribution in [0.2, 0.25) is 0 Å². The first-order valence-electron chi connectivity index (χ1n) is 7.00. The molecule has 1 aliphatic rings. The van der Waals surface area contributed by atoms with Gasteiger partial charge in [0.1, 0.15) is 11.5 Å². The lowest BCUT2D eigenvalue weighted by molar-refractivity contribution is 0.483. The highest BCUT2D eigenvalue weighted by Gasteiger charge is 2.12. The van der Waals surface area contributed by atoms with Gasteiger partial charge in [0.15, 0.2) is 0 Å². The van der Waals surface area contributed by atoms with Crippen LogP contribution in [0.5, 0.6) is 11.5 Å². The van der Waals surface area contributed by atoms with Crippen molar-refractivity contribution in [1.82, 2.24) is 0 Å². The number of rotatable bonds is 4. The highest BCUT2D eigenvalue weighted by atomic mass is 32.2. The van der Waals surface area contributed by atoms with Gasteiger partial charge in [-0.05, 0) is 43.3 Å². The van der Waals surface area contributed by atoms with Crippen LogP contribution in [0.4, 0.5) is 5.69 Å². The Labute approximate surface area is 129 Å². The number of nitrogens with zero attached hydrogens (tertiary/aromatic N) is 1. The number of ether oxygens (including phenoxy) is 1. The van der Waals surface area contributed by atoms with Gasteiger partial charge in [-0.25, -0.2) is 0 Å². The zero-order valence-corrected chi connectivity index (χ0v) is 12.7. The fourth-order valence-electron chi connectivity index (χ4n) is 2.07. The van der Waals surface area contributed by atoms with Gasteiger partial charge in [-0.3, -0.25) is 4.99 Å². The van der Waals surface area contributed by atoms with Gasteiger partial charge in [0.25, 0.3) is 0 Å². The Morgan fingerprint density at radius 3 is 2.33 bits per heavy atom. The number of hydrogen-bond donors (Lipinski definition) is 0. The first kappa shape index (κ1) is 14.0. The summed E-state index contributed by atoms with van der Waals surface area (Å²) < 4.78 is 5.76. The number of hydrogen-bond acceptors (Lipinski definition) is 3. The third-order valence-corrected chi connectivity index (χ3v) is 4.31. The van der Waals surface area contributed by atoms with Crippen molar-refractivity contribution in [3.05, 3.63) is 66.7 Å². The van der Waals surface area contributed by atoms with Crippen LogP contribution in [0.25, 0.3) is 0 Å². The molecule has 2 atom stereocenters. The molecule has 0 saturated heterocycles. The molecule has 1 heterocycles. The van der Waals surface area contributed by atoms with E-state index in [4.69, 9.17) is 4.74 Å². The molecule has 21 heavy (non-hydrogen) atoms. The molecule has 0 aliphatic carbocycles. The molecule has 3 heteroatoms. The van der Waals surface area contributed by atoms with Gasteiger partial charge >= 0.3 is 0 Å². The Morgan fingerprint density at radius 1 is 0.952 bits per heavy atom. The third-order valence-electron chi connectivity index (χ3n) is 3.13. The van der Waals surface area contributed by atoms with E-state index in [0.29, 0.717) is 10.5 Å². The molecule has 0 bridgehead atoms. The maximum atomic E-state index is 5.76. The summed E-state index contributed by atoms with van der Waals surface area (Å²) in [5, 5.41) is 0.975. The molecule has 2 nitrogen and oxygen atoms in total. The van der Waals surface area contributed by atoms with Gasteiger partial charge in [-0.15, -0.1) is 11.8 Å². The highest BCUT2D eigenvalue weighted by molar-refractivity contribution is 8.01. The lowest BCUT2D eigenvalue weighted by atomic mass is 10.3. The molecule has 2 aromatic rings. The minimum absolute atomic E-state index is 0.389. The van der Waals surface area contributed by atoms with Gasteiger partial charge in [0, 0.05) is 11.5 Å². The van der Waals surface area contributed by atoms with E-state index in [2.05, 4.69) is 24.1 Å². The van der Waals surface area contributed by atoms with Gasteiger partial charge in [-0.1, -0.05) is 30.4 Å². The fourth-order valence-corrected chi connectivity index (χ4v) is 3.06. The largest absolute Gasteiger partial charge is 0.457 e. The Hall–Kier alpha value is -2.00. The standard InChI is InChI=1S/C18H17NOS/c1-14-7-12-18(21-14)13-19-15-8-10-17(11-9-15)20-16-5-3-2-4-6-16/h2-14,18H,1H3. The van der Waals surface area contributed by atoms with Crippen molar-refractivity contribution in [2.45, 2.75) is 17.4 Å². The Morgan fingerprint density at radius 2 is 1.67 bits per heavy atom. The summed E-state index contributed by atoms with van der Waals surface area (Å²) in [6, 6.07) is 17.6. The van der Waals surface area contributed by atoms with E-state index < -0.39 is 0 Å². The second-order valence-electron chi connectivity index (χ2n) is 4.88. The summed E-state index contributed by atoms with van der Waals surface area (Å²) in [7, 11) is 0. The molecule has 0 saturated carbocycles. The molecule has 0 N–H and O–H groups in total. The van der Waals surface area contributed by atoms with Gasteiger partial charge in [-0.2, -0.15) is 0 Å². The number of aliphatic imine (C=N–C) groups is 1. The molecule has 2 unspecified atom stereocenters. The van der Waals surface area contributed by atoms with Crippen LogP contribution in [-0.4, -0.2) is 16.7 Å². The first-order valence-corrected chi connectivity index (χ1v) is 7.95. The van der Waals surface area contributed by atoms with E-state index in [-0.39, 0.29) is 0 Å². The minimum atomic E-state index is 0.389. The molecule has 0 amide bonds. The molecule has 0 spiro atoms. The van der Waals surface area contributed by atoms with Crippen LogP contribution >= 0.6 is 11.8 Å². The molecular weight excluding hydrogens is 278 g/mol. The average Bonchev–Trinajstić information content (AvgIpc) is 2.93. The topological polar surface area (TPSA) is 21.6 Å². The molecule has 0 fully saturated rings. The predicted octanol–water partition coefficient (Wildman–Crippen LogP) is 5.24. The number of para-hydroxylation sites is 1. The monoisotopic (exact) mass is 295 g/mol. The van der Waals surface area contributed by atoms with E-state index in [1.54, 1.807) is 0 Å². The molecule has 2 aromatic carbocycles. The fraction of sp³-hybridized carbons (Fsp3) is 0.167. The van der Waals surface area contributed by atoms with Crippen LogP contribution in [0.3, 0.4) is 0 Å². The summed E-state index contributed by atoms with van der Waals surface area (Å²) in [6.07, 6.45) is 6.42. The van der Waals surface area contributed by atoms with Crippen molar-refractivity contribution in [2.75, 3.05) is 0 Å². The van der Waals surface area contributed by atoms with Crippen molar-refractivity contribution >= 4 is 23.7 Å². The zero-order valence-electron chi connectivity index (χ0n) is 11.8. The normalized spacial score (nSPS) is 21.0. The van der Waals surface area contributed by atoms with Gasteiger partial charge in [0.2, 0.25) is 0 Å². The smallest absolute Gasteiger partial charge is 0.127 e. The Bertz CT molecular complexity index is 634. The Balaban J connectivity index is 1.62. The number of thioether (sulfide) groups is 1. The van der Waals surface area contributed by atoms with Crippen LogP contribution in [0.1, 0.15) is 6.92 Å². The van der Waals surface area contributed by atoms with E-state index in [1.165, 1.54) is 0 Å². The molecule has 0 aromatic heterocycles. The Kier molecular flexibility index (Phi) is 4.41. The molecule has 3 rings (SSSR count). The minimum Gasteiger partial charge on any atom is -0.457 e. The van der Waals surface area contributed by atoms with Crippen molar-refractivity contribution in [3.63, 3.8) is 0 Å². The lowest BCUT2D eigenvalue weighted by Crippen LogP contribution is -1.97. The number of benzene rings is 2. The van der Waals surface area contributed by atoms with E-state index in [0.717, 1.165) is 17.2 Å².